The molecule has 254 valence electrons. The first kappa shape index (κ1) is 21.9. The zero-order chi connectivity index (χ0) is 46.1. The van der Waals surface area contributed by atoms with Crippen LogP contribution < -0.4 is 5.56 Å². The molecule has 1 amide bonds. The van der Waals surface area contributed by atoms with Crippen LogP contribution in [-0.2, 0) is 42.6 Å². The summed E-state index contributed by atoms with van der Waals surface area (Å²) in [6.07, 6.45) is -10.6. The summed E-state index contributed by atoms with van der Waals surface area (Å²) in [7, 11) is 0. The van der Waals surface area contributed by atoms with E-state index >= 15 is 0 Å². The Morgan fingerprint density at radius 3 is 2.19 bits per heavy atom. The molecule has 6 nitrogen and oxygen atoms in total. The predicted octanol–water partition coefficient (Wildman–Crippen LogP) is 7.47. The third-order valence-corrected chi connectivity index (χ3v) is 8.27. The van der Waals surface area contributed by atoms with Gasteiger partial charge in [0.1, 0.15) is 12.4 Å². The third kappa shape index (κ3) is 8.73. The number of fused-ring (bicyclic) bond motifs is 1. The minimum absolute atomic E-state index is 0.0394. The highest BCUT2D eigenvalue weighted by atomic mass is 32.2. The standard InChI is InChI=1S/C37H40F4N4O2S/c1-4-43(5-2)18-19-44(22-26-6-10-28(11-7-26)29-12-14-30(15-13-29)37(39,40)41)34(46)23-45-33-21-25(3)20-32(33)35(47)42-36(45)48-24-27-8-16-31(38)17-9-27/h6-17,25H,4-5,18-24H2,1-3H3/i4D2,5D2,18D2,19D2,20D2,21D2,25D. The molecule has 1 aliphatic carbocycles. The summed E-state index contributed by atoms with van der Waals surface area (Å²) >= 11 is 0.742. The average Bonchev–Trinajstić information content (AvgIpc) is 3.23. The van der Waals surface area contributed by atoms with Crippen LogP contribution in [0.2, 0.25) is 0 Å². The normalized spacial score (nSPS) is 23.2. The number of alkyl halides is 3. The monoisotopic (exact) mass is 693 g/mol. The fourth-order valence-electron chi connectivity index (χ4n) is 4.74. The molecule has 1 heterocycles. The van der Waals surface area contributed by atoms with Crippen LogP contribution >= 0.6 is 11.8 Å². The Balaban J connectivity index is 1.67. The first-order valence-corrected chi connectivity index (χ1v) is 15.6. The number of benzene rings is 3. The topological polar surface area (TPSA) is 58.4 Å². The number of hydrogen-bond acceptors (Lipinski definition) is 5. The number of carbonyl (C=O) groups is 1. The molecule has 0 saturated carbocycles. The van der Waals surface area contributed by atoms with Crippen molar-refractivity contribution in [1.82, 2.24) is 19.4 Å². The molecular formula is C37H40F4N4O2S. The quantitative estimate of drug-likeness (QED) is 0.0827. The third-order valence-electron chi connectivity index (χ3n) is 7.23. The van der Waals surface area contributed by atoms with Gasteiger partial charge >= 0.3 is 6.18 Å². The van der Waals surface area contributed by atoms with Crippen LogP contribution in [-0.4, -0.2) is 51.2 Å². The van der Waals surface area contributed by atoms with Crippen molar-refractivity contribution in [2.75, 3.05) is 26.0 Å². The highest BCUT2D eigenvalue weighted by molar-refractivity contribution is 7.98. The van der Waals surface area contributed by atoms with Crippen LogP contribution in [0.4, 0.5) is 17.6 Å². The van der Waals surface area contributed by atoms with E-state index in [1.54, 1.807) is 0 Å². The smallest absolute Gasteiger partial charge is 0.336 e. The van der Waals surface area contributed by atoms with Gasteiger partial charge in [0.25, 0.3) is 5.56 Å². The lowest BCUT2D eigenvalue weighted by Gasteiger charge is -2.28. The number of rotatable bonds is 13. The maximum Gasteiger partial charge on any atom is 0.416 e. The highest BCUT2D eigenvalue weighted by Gasteiger charge is 2.30. The SMILES string of the molecule is [2H]C([2H])(C)N(C([2H])([2H])C)C([2H])([2H])C([2H])([2H])N(Cc1ccc(-c2ccc(C(F)(F)F)cc2)cc1)C(=O)Cn1c(SCc2ccc(F)cc2)nc(=O)c2c1C([2H])([2H])C([2H])(C)C2([2H])[2H]. The summed E-state index contributed by atoms with van der Waals surface area (Å²) < 4.78 is 167. The average molecular weight is 694 g/mol. The molecule has 0 N–H and O–H groups in total. The van der Waals surface area contributed by atoms with Gasteiger partial charge in [0.05, 0.1) is 8.30 Å². The van der Waals surface area contributed by atoms with E-state index in [0.717, 1.165) is 61.4 Å². The van der Waals surface area contributed by atoms with Crippen LogP contribution in [0.15, 0.2) is 82.7 Å². The summed E-state index contributed by atoms with van der Waals surface area (Å²) in [5, 5.41) is -0.403. The fraction of sp³-hybridized carbons (Fsp3) is 0.378. The number of likely N-dealkylation sites (N-methyl/N-ethyl adjacent to an activating group) is 1. The Bertz CT molecular complexity index is 2320. The Kier molecular flexibility index (Phi) is 7.07. The molecule has 0 radical (unpaired) electrons. The second-order valence-corrected chi connectivity index (χ2v) is 11.5. The molecular weight excluding hydrogens is 640 g/mol. The lowest BCUT2D eigenvalue weighted by Crippen LogP contribution is -2.40. The van der Waals surface area contributed by atoms with Crippen LogP contribution in [0.25, 0.3) is 11.1 Å². The lowest BCUT2D eigenvalue weighted by molar-refractivity contribution is -0.137. The lowest BCUT2D eigenvalue weighted by atomic mass is 10.0. The Labute approximate surface area is 301 Å². The number of nitrogens with zero attached hydrogens (tertiary/aromatic N) is 4. The number of thioether (sulfide) groups is 1. The molecule has 0 fully saturated rings. The summed E-state index contributed by atoms with van der Waals surface area (Å²) in [5.41, 5.74) is -2.50. The maximum absolute atomic E-state index is 14.8. The molecule has 5 rings (SSSR count). The molecule has 4 aromatic rings. The van der Waals surface area contributed by atoms with E-state index in [4.69, 9.17) is 15.1 Å². The van der Waals surface area contributed by atoms with Gasteiger partial charge in [0, 0.05) is 51.6 Å². The maximum atomic E-state index is 14.8. The van der Waals surface area contributed by atoms with E-state index in [9.17, 15) is 29.9 Å². The molecule has 0 saturated heterocycles. The molecule has 11 heteroatoms. The van der Waals surface area contributed by atoms with Crippen molar-refractivity contribution in [2.24, 2.45) is 5.89 Å². The predicted molar refractivity (Wildman–Crippen MR) is 181 cm³/mol. The van der Waals surface area contributed by atoms with Crippen LogP contribution in [0, 0.1) is 11.7 Å². The van der Waals surface area contributed by atoms with Gasteiger partial charge in [-0.05, 0) is 78.2 Å². The Hall–Kier alpha value is -3.96. The van der Waals surface area contributed by atoms with E-state index in [-0.39, 0.29) is 16.2 Å². The Morgan fingerprint density at radius 1 is 0.979 bits per heavy atom. The van der Waals surface area contributed by atoms with Crippen molar-refractivity contribution in [3.05, 3.63) is 117 Å². The largest absolute Gasteiger partial charge is 0.416 e. The van der Waals surface area contributed by atoms with Crippen molar-refractivity contribution < 1.29 is 40.2 Å². The van der Waals surface area contributed by atoms with E-state index in [1.807, 2.05) is 0 Å². The number of halogens is 4. The molecule has 1 aliphatic rings. The molecule has 1 unspecified atom stereocenters. The van der Waals surface area contributed by atoms with Gasteiger partial charge in [-0.25, -0.2) is 4.39 Å². The van der Waals surface area contributed by atoms with Crippen LogP contribution in [0.3, 0.4) is 0 Å². The van der Waals surface area contributed by atoms with Crippen molar-refractivity contribution in [3.63, 3.8) is 0 Å². The van der Waals surface area contributed by atoms with Crippen LogP contribution in [0.5, 0.6) is 0 Å². The minimum atomic E-state index is -4.59. The molecule has 48 heavy (non-hydrogen) atoms. The molecule has 1 atom stereocenters. The highest BCUT2D eigenvalue weighted by Crippen LogP contribution is 2.32. The van der Waals surface area contributed by atoms with Crippen molar-refractivity contribution >= 4 is 17.7 Å². The van der Waals surface area contributed by atoms with Gasteiger partial charge in [-0.2, -0.15) is 18.2 Å². The Morgan fingerprint density at radius 2 is 1.58 bits per heavy atom. The van der Waals surface area contributed by atoms with Gasteiger partial charge in [0.15, 0.2) is 5.16 Å². The number of amides is 1. The van der Waals surface area contributed by atoms with E-state index in [2.05, 4.69) is 4.98 Å². The van der Waals surface area contributed by atoms with Crippen molar-refractivity contribution in [3.8, 4) is 11.1 Å². The van der Waals surface area contributed by atoms with Gasteiger partial charge in [-0.1, -0.05) is 81.1 Å². The van der Waals surface area contributed by atoms with Crippen molar-refractivity contribution in [2.45, 2.75) is 63.7 Å². The number of carbonyl (C=O) groups excluding carboxylic acids is 1. The molecule has 1 aromatic heterocycles. The summed E-state index contributed by atoms with van der Waals surface area (Å²) in [6.45, 7) is -12.7. The first-order valence-electron chi connectivity index (χ1n) is 21.1. The van der Waals surface area contributed by atoms with Gasteiger partial charge < -0.3 is 14.4 Å². The molecule has 0 aliphatic heterocycles. The van der Waals surface area contributed by atoms with E-state index in [1.165, 1.54) is 48.5 Å². The zero-order valence-electron chi connectivity index (χ0n) is 39.1. The molecule has 3 aromatic carbocycles. The molecule has 0 spiro atoms. The van der Waals surface area contributed by atoms with Gasteiger partial charge in [-0.3, -0.25) is 9.59 Å². The van der Waals surface area contributed by atoms with Gasteiger partial charge in [0.2, 0.25) is 5.91 Å². The number of hydrogen-bond donors (Lipinski definition) is 0. The summed E-state index contributed by atoms with van der Waals surface area (Å²) in [4.78, 5) is 32.6. The molecule has 0 bridgehead atoms. The minimum Gasteiger partial charge on any atom is -0.336 e. The summed E-state index contributed by atoms with van der Waals surface area (Å²) in [6, 6.07) is 14.8. The van der Waals surface area contributed by atoms with E-state index < -0.39 is 103 Å². The second kappa shape index (κ2) is 15.5. The first-order chi connectivity index (χ1) is 27.7. The van der Waals surface area contributed by atoms with Crippen molar-refractivity contribution in [1.29, 1.82) is 0 Å². The van der Waals surface area contributed by atoms with E-state index in [0.29, 0.717) is 21.6 Å². The zero-order valence-corrected chi connectivity index (χ0v) is 26.9. The fourth-order valence-corrected chi connectivity index (χ4v) is 5.69. The van der Waals surface area contributed by atoms with Crippen LogP contribution in [0.1, 0.15) is 66.5 Å². The summed E-state index contributed by atoms with van der Waals surface area (Å²) in [5.74, 6) is -4.71. The second-order valence-electron chi connectivity index (χ2n) is 10.6. The number of aromatic nitrogens is 2. The van der Waals surface area contributed by atoms with Gasteiger partial charge in [-0.15, -0.1) is 0 Å².